The van der Waals surface area contributed by atoms with E-state index in [1.165, 1.54) is 7.11 Å². The summed E-state index contributed by atoms with van der Waals surface area (Å²) in [6.07, 6.45) is 1.91. The molecular formula is C25H29N3O4. The molecule has 0 radical (unpaired) electrons. The number of ketones is 1. The van der Waals surface area contributed by atoms with Gasteiger partial charge in [-0.05, 0) is 74.3 Å². The number of aliphatic hydroxyl groups is 1. The molecule has 32 heavy (non-hydrogen) atoms. The summed E-state index contributed by atoms with van der Waals surface area (Å²) in [5, 5.41) is 26.7. The molecule has 1 fully saturated rings. The van der Waals surface area contributed by atoms with Crippen molar-refractivity contribution >= 4 is 17.4 Å². The van der Waals surface area contributed by atoms with Crippen molar-refractivity contribution in [2.24, 2.45) is 5.92 Å². The number of Topliss-reactive ketones (excluding diaryl/α,β-unsaturated/α-hetero) is 1. The number of ether oxygens (including phenoxy) is 1. The molecule has 7 heteroatoms. The van der Waals surface area contributed by atoms with Gasteiger partial charge in [-0.25, -0.2) is 4.79 Å². The number of hydrogen-bond acceptors (Lipinski definition) is 7. The van der Waals surface area contributed by atoms with Crippen molar-refractivity contribution in [2.75, 3.05) is 32.1 Å². The number of hydrogen-bond donors (Lipinski definition) is 3. The van der Waals surface area contributed by atoms with Crippen molar-refractivity contribution in [3.63, 3.8) is 0 Å². The zero-order chi connectivity index (χ0) is 23.0. The molecule has 3 rings (SSSR count). The van der Waals surface area contributed by atoms with Crippen LogP contribution in [0.2, 0.25) is 0 Å². The molecule has 0 aliphatic carbocycles. The van der Waals surface area contributed by atoms with Crippen molar-refractivity contribution in [3.8, 4) is 6.07 Å². The van der Waals surface area contributed by atoms with E-state index >= 15 is 0 Å². The number of carbonyl (C=O) groups excluding carboxylic acids is 2. The maximum Gasteiger partial charge on any atom is 0.337 e. The standard InChI is InChI=1S/C25H29N3O4/c1-32-24(30)20-7-9-21(10-8-20)28-17-22(25(31)12-14-27-15-13-25)23(29)11-6-18-2-4-19(16-26)5-3-18/h2-5,7-10,22,27-28,31H,6,11-15,17H2,1H3. The highest BCUT2D eigenvalue weighted by Crippen LogP contribution is 2.30. The fourth-order valence-electron chi connectivity index (χ4n) is 4.06. The SMILES string of the molecule is COC(=O)c1ccc(NCC(C(=O)CCc2ccc(C#N)cc2)C2(O)CCNCC2)cc1. The molecule has 0 amide bonds. The van der Waals surface area contributed by atoms with Crippen LogP contribution in [0.15, 0.2) is 48.5 Å². The van der Waals surface area contributed by atoms with Gasteiger partial charge >= 0.3 is 5.97 Å². The van der Waals surface area contributed by atoms with Gasteiger partial charge < -0.3 is 20.5 Å². The number of anilines is 1. The average Bonchev–Trinajstić information content (AvgIpc) is 2.83. The number of benzene rings is 2. The Kier molecular flexibility index (Phi) is 7.98. The van der Waals surface area contributed by atoms with E-state index in [-0.39, 0.29) is 5.78 Å². The van der Waals surface area contributed by atoms with Crippen LogP contribution >= 0.6 is 0 Å². The lowest BCUT2D eigenvalue weighted by Crippen LogP contribution is -2.52. The predicted octanol–water partition coefficient (Wildman–Crippen LogP) is 2.69. The molecule has 7 nitrogen and oxygen atoms in total. The first kappa shape index (κ1) is 23.5. The van der Waals surface area contributed by atoms with E-state index in [9.17, 15) is 14.7 Å². The summed E-state index contributed by atoms with van der Waals surface area (Å²) >= 11 is 0. The number of nitrogens with zero attached hydrogens (tertiary/aromatic N) is 1. The Hall–Kier alpha value is -3.21. The zero-order valence-electron chi connectivity index (χ0n) is 18.3. The Balaban J connectivity index is 1.68. The van der Waals surface area contributed by atoms with Gasteiger partial charge in [0.05, 0.1) is 35.8 Å². The Bertz CT molecular complexity index is 958. The van der Waals surface area contributed by atoms with Gasteiger partial charge in [-0.3, -0.25) is 4.79 Å². The highest BCUT2D eigenvalue weighted by Gasteiger charge is 2.41. The third kappa shape index (κ3) is 5.94. The number of carbonyl (C=O) groups is 2. The predicted molar refractivity (Wildman–Crippen MR) is 121 cm³/mol. The van der Waals surface area contributed by atoms with Crippen LogP contribution in [0.1, 0.15) is 40.7 Å². The molecule has 3 N–H and O–H groups in total. The molecule has 2 aromatic rings. The van der Waals surface area contributed by atoms with Crippen LogP contribution in [0.3, 0.4) is 0 Å². The summed E-state index contributed by atoms with van der Waals surface area (Å²) in [6, 6.07) is 16.2. The quantitative estimate of drug-likeness (QED) is 0.519. The number of rotatable bonds is 9. The van der Waals surface area contributed by atoms with Gasteiger partial charge in [0.2, 0.25) is 0 Å². The summed E-state index contributed by atoms with van der Waals surface area (Å²) in [7, 11) is 1.34. The largest absolute Gasteiger partial charge is 0.465 e. The molecule has 0 bridgehead atoms. The van der Waals surface area contributed by atoms with E-state index < -0.39 is 17.5 Å². The van der Waals surface area contributed by atoms with Crippen LogP contribution in [0.5, 0.6) is 0 Å². The Labute approximate surface area is 188 Å². The van der Waals surface area contributed by atoms with Crippen molar-refractivity contribution in [3.05, 3.63) is 65.2 Å². The highest BCUT2D eigenvalue weighted by molar-refractivity contribution is 5.89. The first-order valence-electron chi connectivity index (χ1n) is 10.8. The van der Waals surface area contributed by atoms with Gasteiger partial charge in [0.25, 0.3) is 0 Å². The number of piperidine rings is 1. The van der Waals surface area contributed by atoms with Crippen LogP contribution < -0.4 is 10.6 Å². The third-order valence-electron chi connectivity index (χ3n) is 6.07. The van der Waals surface area contributed by atoms with E-state index in [1.54, 1.807) is 36.4 Å². The second-order valence-corrected chi connectivity index (χ2v) is 8.13. The Morgan fingerprint density at radius 3 is 2.41 bits per heavy atom. The molecule has 0 spiro atoms. The molecule has 1 aliphatic rings. The molecule has 1 aliphatic heterocycles. The number of esters is 1. The van der Waals surface area contributed by atoms with Crippen molar-refractivity contribution in [1.29, 1.82) is 5.26 Å². The first-order valence-corrected chi connectivity index (χ1v) is 10.8. The number of nitriles is 1. The van der Waals surface area contributed by atoms with Gasteiger partial charge in [-0.2, -0.15) is 5.26 Å². The minimum absolute atomic E-state index is 0.0115. The maximum absolute atomic E-state index is 13.2. The fourth-order valence-corrected chi connectivity index (χ4v) is 4.06. The first-order chi connectivity index (χ1) is 15.4. The second kappa shape index (κ2) is 10.9. The van der Waals surface area contributed by atoms with Gasteiger partial charge in [0.15, 0.2) is 0 Å². The van der Waals surface area contributed by atoms with Gasteiger partial charge in [0.1, 0.15) is 5.78 Å². The fraction of sp³-hybridized carbons (Fsp3) is 0.400. The van der Waals surface area contributed by atoms with Crippen LogP contribution in [0.4, 0.5) is 5.69 Å². The molecule has 1 saturated heterocycles. The maximum atomic E-state index is 13.2. The summed E-state index contributed by atoms with van der Waals surface area (Å²) in [4.78, 5) is 24.8. The second-order valence-electron chi connectivity index (χ2n) is 8.13. The number of aryl methyl sites for hydroxylation is 1. The lowest BCUT2D eigenvalue weighted by atomic mass is 9.76. The molecule has 2 aromatic carbocycles. The molecule has 1 heterocycles. The number of methoxy groups -OCH3 is 1. The van der Waals surface area contributed by atoms with E-state index in [0.717, 1.165) is 11.3 Å². The average molecular weight is 436 g/mol. The minimum atomic E-state index is -1.06. The van der Waals surface area contributed by atoms with E-state index in [0.29, 0.717) is 56.4 Å². The van der Waals surface area contributed by atoms with Crippen LogP contribution in [0.25, 0.3) is 0 Å². The van der Waals surface area contributed by atoms with Crippen molar-refractivity contribution in [2.45, 2.75) is 31.3 Å². The van der Waals surface area contributed by atoms with Gasteiger partial charge in [-0.15, -0.1) is 0 Å². The van der Waals surface area contributed by atoms with Gasteiger partial charge in [0, 0.05) is 18.7 Å². The lowest BCUT2D eigenvalue weighted by molar-refractivity contribution is -0.133. The van der Waals surface area contributed by atoms with E-state index in [4.69, 9.17) is 10.00 Å². The van der Waals surface area contributed by atoms with E-state index in [1.807, 2.05) is 12.1 Å². The molecule has 1 unspecified atom stereocenters. The Morgan fingerprint density at radius 2 is 1.81 bits per heavy atom. The van der Waals surface area contributed by atoms with Crippen LogP contribution in [-0.4, -0.2) is 49.2 Å². The van der Waals surface area contributed by atoms with Gasteiger partial charge in [-0.1, -0.05) is 12.1 Å². The summed E-state index contributed by atoms with van der Waals surface area (Å²) in [5.74, 6) is -0.947. The zero-order valence-corrected chi connectivity index (χ0v) is 18.3. The Morgan fingerprint density at radius 1 is 1.16 bits per heavy atom. The monoisotopic (exact) mass is 435 g/mol. The molecule has 1 atom stereocenters. The smallest absolute Gasteiger partial charge is 0.337 e. The van der Waals surface area contributed by atoms with Crippen molar-refractivity contribution in [1.82, 2.24) is 5.32 Å². The molecule has 0 aromatic heterocycles. The summed E-state index contributed by atoms with van der Waals surface area (Å²) in [5.41, 5.74) is 1.72. The lowest BCUT2D eigenvalue weighted by Gasteiger charge is -2.39. The molecule has 168 valence electrons. The summed E-state index contributed by atoms with van der Waals surface area (Å²) in [6.45, 7) is 1.65. The van der Waals surface area contributed by atoms with Crippen LogP contribution in [0, 0.1) is 17.2 Å². The van der Waals surface area contributed by atoms with Crippen molar-refractivity contribution < 1.29 is 19.4 Å². The highest BCUT2D eigenvalue weighted by atomic mass is 16.5. The van der Waals surface area contributed by atoms with E-state index in [2.05, 4.69) is 16.7 Å². The number of nitrogens with one attached hydrogen (secondary N) is 2. The minimum Gasteiger partial charge on any atom is -0.465 e. The van der Waals surface area contributed by atoms with Crippen LogP contribution in [-0.2, 0) is 16.0 Å². The summed E-state index contributed by atoms with van der Waals surface area (Å²) < 4.78 is 4.72. The normalized spacial score (nSPS) is 15.9. The molecule has 0 saturated carbocycles. The molecular weight excluding hydrogens is 406 g/mol. The topological polar surface area (TPSA) is 111 Å². The third-order valence-corrected chi connectivity index (χ3v) is 6.07.